The molecule has 1 aromatic heterocycles. The third-order valence-electron chi connectivity index (χ3n) is 4.44. The molecule has 0 fully saturated rings. The highest BCUT2D eigenvalue weighted by Gasteiger charge is 2.27. The van der Waals surface area contributed by atoms with Gasteiger partial charge in [-0.1, -0.05) is 47.5 Å². The number of H-pyrrole nitrogens is 1. The first-order chi connectivity index (χ1) is 12.1. The van der Waals surface area contributed by atoms with Gasteiger partial charge in [0.25, 0.3) is 5.91 Å². The van der Waals surface area contributed by atoms with Crippen LogP contribution in [0, 0.1) is 0 Å². The number of carbonyl (C=O) groups excluding carboxylic acids is 1. The second-order valence-corrected chi connectivity index (χ2v) is 6.84. The van der Waals surface area contributed by atoms with Crippen molar-refractivity contribution in [2.45, 2.75) is 13.0 Å². The fraction of sp³-hybridized carbons (Fsp3) is 0.158. The van der Waals surface area contributed by atoms with Gasteiger partial charge >= 0.3 is 0 Å². The molecular weight excluding hydrogens is 357 g/mol. The Morgan fingerprint density at radius 1 is 1.08 bits per heavy atom. The Morgan fingerprint density at radius 2 is 1.84 bits per heavy atom. The van der Waals surface area contributed by atoms with E-state index in [1.54, 1.807) is 12.1 Å². The van der Waals surface area contributed by atoms with Gasteiger partial charge < -0.3 is 4.90 Å². The molecule has 25 heavy (non-hydrogen) atoms. The van der Waals surface area contributed by atoms with Gasteiger partial charge in [0.05, 0.1) is 16.3 Å². The Bertz CT molecular complexity index is 934. The van der Waals surface area contributed by atoms with Crippen LogP contribution in [0.1, 0.15) is 21.6 Å². The van der Waals surface area contributed by atoms with E-state index in [9.17, 15) is 4.79 Å². The Kier molecular flexibility index (Phi) is 4.24. The minimum atomic E-state index is -0.0560. The number of fused-ring (bicyclic) bond motifs is 1. The second-order valence-electron chi connectivity index (χ2n) is 5.99. The molecule has 2 aromatic carbocycles. The number of amides is 1. The highest BCUT2D eigenvalue weighted by Crippen LogP contribution is 2.30. The first kappa shape index (κ1) is 16.2. The van der Waals surface area contributed by atoms with Crippen LogP contribution in [0.15, 0.2) is 48.5 Å². The molecule has 0 bridgehead atoms. The van der Waals surface area contributed by atoms with Gasteiger partial charge in [0.15, 0.2) is 0 Å². The smallest absolute Gasteiger partial charge is 0.255 e. The molecule has 0 atom stereocenters. The first-order valence-corrected chi connectivity index (χ1v) is 8.75. The summed E-state index contributed by atoms with van der Waals surface area (Å²) in [5, 5.41) is 8.71. The van der Waals surface area contributed by atoms with Crippen molar-refractivity contribution in [3.8, 4) is 11.3 Å². The van der Waals surface area contributed by atoms with Crippen LogP contribution in [0.25, 0.3) is 11.3 Å². The number of nitrogens with zero attached hydrogens (tertiary/aromatic N) is 2. The summed E-state index contributed by atoms with van der Waals surface area (Å²) in [7, 11) is 0. The molecule has 1 amide bonds. The molecule has 0 spiro atoms. The van der Waals surface area contributed by atoms with Gasteiger partial charge in [-0.05, 0) is 24.3 Å². The van der Waals surface area contributed by atoms with Crippen LogP contribution in [0.3, 0.4) is 0 Å². The van der Waals surface area contributed by atoms with Crippen molar-refractivity contribution in [1.82, 2.24) is 15.1 Å². The summed E-state index contributed by atoms with van der Waals surface area (Å²) in [4.78, 5) is 14.7. The fourth-order valence-corrected chi connectivity index (χ4v) is 3.46. The summed E-state index contributed by atoms with van der Waals surface area (Å²) in [6.07, 6.45) is 0.742. The van der Waals surface area contributed by atoms with Crippen molar-refractivity contribution in [2.75, 3.05) is 6.54 Å². The average molecular weight is 372 g/mol. The largest absolute Gasteiger partial charge is 0.334 e. The van der Waals surface area contributed by atoms with Gasteiger partial charge in [-0.15, -0.1) is 0 Å². The zero-order valence-corrected chi connectivity index (χ0v) is 14.8. The van der Waals surface area contributed by atoms with Gasteiger partial charge in [0, 0.05) is 41.4 Å². The van der Waals surface area contributed by atoms with E-state index in [0.29, 0.717) is 28.7 Å². The van der Waals surface area contributed by atoms with Crippen molar-refractivity contribution >= 4 is 29.1 Å². The van der Waals surface area contributed by atoms with Crippen molar-refractivity contribution in [3.63, 3.8) is 0 Å². The van der Waals surface area contributed by atoms with E-state index in [1.807, 2.05) is 41.3 Å². The van der Waals surface area contributed by atoms with E-state index < -0.39 is 0 Å². The molecule has 2 heterocycles. The maximum atomic E-state index is 12.8. The summed E-state index contributed by atoms with van der Waals surface area (Å²) in [5.41, 5.74) is 4.50. The molecule has 1 aliphatic rings. The quantitative estimate of drug-likeness (QED) is 0.716. The summed E-state index contributed by atoms with van der Waals surface area (Å²) >= 11 is 12.2. The lowest BCUT2D eigenvalue weighted by Crippen LogP contribution is -2.36. The van der Waals surface area contributed by atoms with Crippen molar-refractivity contribution in [3.05, 3.63) is 75.4 Å². The topological polar surface area (TPSA) is 49.0 Å². The average Bonchev–Trinajstić information content (AvgIpc) is 3.05. The normalized spacial score (nSPS) is 13.6. The number of hydrogen-bond donors (Lipinski definition) is 1. The van der Waals surface area contributed by atoms with E-state index >= 15 is 0 Å². The number of aromatic nitrogens is 2. The molecule has 4 nitrogen and oxygen atoms in total. The van der Waals surface area contributed by atoms with Crippen LogP contribution in [-0.4, -0.2) is 27.5 Å². The predicted octanol–water partition coefficient (Wildman–Crippen LogP) is 4.58. The van der Waals surface area contributed by atoms with Crippen LogP contribution in [0.4, 0.5) is 0 Å². The van der Waals surface area contributed by atoms with Crippen LogP contribution < -0.4 is 0 Å². The van der Waals surface area contributed by atoms with Gasteiger partial charge in [-0.25, -0.2) is 0 Å². The molecule has 126 valence electrons. The second kappa shape index (κ2) is 6.54. The van der Waals surface area contributed by atoms with Crippen molar-refractivity contribution < 1.29 is 4.79 Å². The van der Waals surface area contributed by atoms with Crippen LogP contribution in [-0.2, 0) is 13.0 Å². The van der Waals surface area contributed by atoms with Gasteiger partial charge in [0.2, 0.25) is 0 Å². The Morgan fingerprint density at radius 3 is 2.60 bits per heavy atom. The van der Waals surface area contributed by atoms with Crippen LogP contribution >= 0.6 is 23.2 Å². The van der Waals surface area contributed by atoms with E-state index in [1.165, 1.54) is 0 Å². The molecule has 1 N–H and O–H groups in total. The molecule has 0 saturated heterocycles. The molecule has 3 aromatic rings. The molecule has 0 saturated carbocycles. The van der Waals surface area contributed by atoms with E-state index in [0.717, 1.165) is 28.9 Å². The number of benzene rings is 2. The lowest BCUT2D eigenvalue weighted by Gasteiger charge is -2.27. The molecule has 0 aliphatic carbocycles. The molecule has 1 aliphatic heterocycles. The summed E-state index contributed by atoms with van der Waals surface area (Å²) in [6.45, 7) is 1.15. The van der Waals surface area contributed by atoms with Crippen LogP contribution in [0.5, 0.6) is 0 Å². The zero-order valence-electron chi connectivity index (χ0n) is 13.3. The number of aromatic amines is 1. The van der Waals surface area contributed by atoms with Gasteiger partial charge in [0.1, 0.15) is 0 Å². The van der Waals surface area contributed by atoms with E-state index in [-0.39, 0.29) is 5.91 Å². The number of hydrogen-bond acceptors (Lipinski definition) is 2. The maximum Gasteiger partial charge on any atom is 0.255 e. The Hall–Kier alpha value is -2.30. The minimum Gasteiger partial charge on any atom is -0.334 e. The molecule has 6 heteroatoms. The Labute approximate surface area is 155 Å². The molecule has 4 rings (SSSR count). The zero-order chi connectivity index (χ0) is 17.4. The monoisotopic (exact) mass is 371 g/mol. The fourth-order valence-electron chi connectivity index (χ4n) is 3.12. The maximum absolute atomic E-state index is 12.8. The standard InChI is InChI=1S/C19H15Cl2N3O/c20-13-7-5-12(6-8-13)18-15-11-24(10-9-17(15)22-23-18)19(25)14-3-1-2-4-16(14)21/h1-8H,9-11H2,(H,22,23). The number of nitrogens with one attached hydrogen (secondary N) is 1. The van der Waals surface area contributed by atoms with Gasteiger partial charge in [-0.3, -0.25) is 9.89 Å². The highest BCUT2D eigenvalue weighted by atomic mass is 35.5. The summed E-state index contributed by atoms with van der Waals surface area (Å²) in [6, 6.07) is 14.7. The number of halogens is 2. The highest BCUT2D eigenvalue weighted by molar-refractivity contribution is 6.33. The summed E-state index contributed by atoms with van der Waals surface area (Å²) in [5.74, 6) is -0.0560. The Balaban J connectivity index is 1.65. The van der Waals surface area contributed by atoms with E-state index in [2.05, 4.69) is 10.2 Å². The molecule has 0 unspecified atom stereocenters. The molecular formula is C19H15Cl2N3O. The van der Waals surface area contributed by atoms with Gasteiger partial charge in [-0.2, -0.15) is 5.10 Å². The third-order valence-corrected chi connectivity index (χ3v) is 5.02. The number of carbonyl (C=O) groups is 1. The lowest BCUT2D eigenvalue weighted by atomic mass is 10.0. The minimum absolute atomic E-state index is 0.0560. The summed E-state index contributed by atoms with van der Waals surface area (Å²) < 4.78 is 0. The third kappa shape index (κ3) is 3.03. The van der Waals surface area contributed by atoms with Crippen molar-refractivity contribution in [2.24, 2.45) is 0 Å². The first-order valence-electron chi connectivity index (χ1n) is 7.99. The lowest BCUT2D eigenvalue weighted by molar-refractivity contribution is 0.0735. The van der Waals surface area contributed by atoms with Crippen molar-refractivity contribution in [1.29, 1.82) is 0 Å². The molecule has 0 radical (unpaired) electrons. The SMILES string of the molecule is O=C(c1ccccc1Cl)N1CCc2[nH]nc(-c3ccc(Cl)cc3)c2C1. The van der Waals surface area contributed by atoms with Crippen LogP contribution in [0.2, 0.25) is 10.0 Å². The van der Waals surface area contributed by atoms with E-state index in [4.69, 9.17) is 23.2 Å². The number of rotatable bonds is 2. The predicted molar refractivity (Wildman–Crippen MR) is 98.9 cm³/mol.